The van der Waals surface area contributed by atoms with E-state index in [1.165, 1.54) is 12.1 Å². The molecule has 0 unspecified atom stereocenters. The lowest BCUT2D eigenvalue weighted by Gasteiger charge is -2.07. The minimum absolute atomic E-state index is 0.301. The van der Waals surface area contributed by atoms with Crippen LogP contribution in [0.2, 0.25) is 0 Å². The molecule has 0 aliphatic rings. The number of halogens is 2. The lowest BCUT2D eigenvalue weighted by atomic mass is 10.1. The third kappa shape index (κ3) is 3.42. The zero-order chi connectivity index (χ0) is 19.0. The second-order valence-corrected chi connectivity index (χ2v) is 6.20. The zero-order valence-corrected chi connectivity index (χ0v) is 14.0. The molecule has 2 aromatic heterocycles. The summed E-state index contributed by atoms with van der Waals surface area (Å²) in [6.07, 6.45) is 0.573. The molecule has 0 radical (unpaired) electrons. The number of aliphatic hydroxyl groups excluding tert-OH is 1. The third-order valence-electron chi connectivity index (χ3n) is 4.34. The summed E-state index contributed by atoms with van der Waals surface area (Å²) in [4.78, 5) is 0. The van der Waals surface area contributed by atoms with E-state index >= 15 is 0 Å². The van der Waals surface area contributed by atoms with Gasteiger partial charge in [0.15, 0.2) is 17.8 Å². The van der Waals surface area contributed by atoms with Crippen LogP contribution in [0, 0.1) is 11.6 Å². The molecule has 136 valence electrons. The molecule has 4 aromatic rings. The number of rotatable bonds is 4. The van der Waals surface area contributed by atoms with Crippen LogP contribution in [0.1, 0.15) is 23.0 Å². The summed E-state index contributed by atoms with van der Waals surface area (Å²) >= 11 is 0. The number of aliphatic hydroxyl groups is 2. The molecule has 5 nitrogen and oxygen atoms in total. The van der Waals surface area contributed by atoms with Crippen molar-refractivity contribution in [1.82, 2.24) is 14.6 Å². The van der Waals surface area contributed by atoms with Crippen LogP contribution in [0.3, 0.4) is 0 Å². The van der Waals surface area contributed by atoms with Gasteiger partial charge < -0.3 is 10.2 Å². The molecule has 0 amide bonds. The molecule has 0 fully saturated rings. The first-order valence-corrected chi connectivity index (χ1v) is 8.25. The fourth-order valence-corrected chi connectivity index (χ4v) is 2.93. The molecule has 7 heteroatoms. The zero-order valence-electron chi connectivity index (χ0n) is 14.0. The monoisotopic (exact) mass is 367 g/mol. The Labute approximate surface area is 153 Å². The van der Waals surface area contributed by atoms with Crippen molar-refractivity contribution in [2.45, 2.75) is 12.7 Å². The lowest BCUT2D eigenvalue weighted by molar-refractivity contribution is -0.0424. The molecule has 2 heterocycles. The molecule has 0 bridgehead atoms. The van der Waals surface area contributed by atoms with Crippen LogP contribution in [0.4, 0.5) is 8.78 Å². The minimum atomic E-state index is -1.54. The SMILES string of the molecule is OC(O)c1ccc(-c2nnc3ccc(Cc4ccc(F)cc4F)cn23)cc1. The van der Waals surface area contributed by atoms with Crippen molar-refractivity contribution in [2.24, 2.45) is 0 Å². The highest BCUT2D eigenvalue weighted by atomic mass is 19.1. The summed E-state index contributed by atoms with van der Waals surface area (Å²) in [6, 6.07) is 13.8. The fourth-order valence-electron chi connectivity index (χ4n) is 2.93. The number of hydrogen-bond acceptors (Lipinski definition) is 4. The molecule has 27 heavy (non-hydrogen) atoms. The van der Waals surface area contributed by atoms with Gasteiger partial charge in [-0.2, -0.15) is 0 Å². The molecule has 0 aliphatic heterocycles. The molecule has 2 N–H and O–H groups in total. The van der Waals surface area contributed by atoms with Crippen LogP contribution >= 0.6 is 0 Å². The molecule has 0 spiro atoms. The van der Waals surface area contributed by atoms with Gasteiger partial charge in [0.05, 0.1) is 0 Å². The van der Waals surface area contributed by atoms with Crippen molar-refractivity contribution in [2.75, 3.05) is 0 Å². The van der Waals surface area contributed by atoms with Crippen LogP contribution in [0.5, 0.6) is 0 Å². The maximum Gasteiger partial charge on any atom is 0.178 e. The van der Waals surface area contributed by atoms with Gasteiger partial charge >= 0.3 is 0 Å². The Morgan fingerprint density at radius 3 is 2.41 bits per heavy atom. The average molecular weight is 367 g/mol. The standard InChI is InChI=1S/C20H15F2N3O2/c21-16-7-6-15(17(22)10-16)9-12-1-8-18-23-24-19(25(18)11-12)13-2-4-14(5-3-13)20(26)27/h1-8,10-11,20,26-27H,9H2. The van der Waals surface area contributed by atoms with Gasteiger partial charge in [-0.15, -0.1) is 10.2 Å². The van der Waals surface area contributed by atoms with Crippen molar-refractivity contribution >= 4 is 5.65 Å². The summed E-state index contributed by atoms with van der Waals surface area (Å²) in [6.45, 7) is 0. The van der Waals surface area contributed by atoms with Gasteiger partial charge in [-0.25, -0.2) is 8.78 Å². The largest absolute Gasteiger partial charge is 0.364 e. The normalized spacial score (nSPS) is 11.4. The first-order valence-electron chi connectivity index (χ1n) is 8.25. The van der Waals surface area contributed by atoms with Crippen LogP contribution < -0.4 is 0 Å². The van der Waals surface area contributed by atoms with Gasteiger partial charge in [0.1, 0.15) is 11.6 Å². The van der Waals surface area contributed by atoms with Gasteiger partial charge in [-0.1, -0.05) is 36.4 Å². The van der Waals surface area contributed by atoms with E-state index in [9.17, 15) is 19.0 Å². The summed E-state index contributed by atoms with van der Waals surface area (Å²) in [5.74, 6) is -0.619. The van der Waals surface area contributed by atoms with Crippen molar-refractivity contribution < 1.29 is 19.0 Å². The van der Waals surface area contributed by atoms with Crippen molar-refractivity contribution in [1.29, 1.82) is 0 Å². The number of fused-ring (bicyclic) bond motifs is 1. The van der Waals surface area contributed by atoms with Crippen LogP contribution in [0.15, 0.2) is 60.8 Å². The number of hydrogen-bond donors (Lipinski definition) is 2. The van der Waals surface area contributed by atoms with E-state index in [-0.39, 0.29) is 0 Å². The van der Waals surface area contributed by atoms with Gasteiger partial charge in [0.25, 0.3) is 0 Å². The molecule has 0 saturated carbocycles. The van der Waals surface area contributed by atoms with Crippen molar-refractivity contribution in [3.05, 3.63) is 89.1 Å². The van der Waals surface area contributed by atoms with Crippen LogP contribution in [0.25, 0.3) is 17.0 Å². The number of aromatic nitrogens is 3. The van der Waals surface area contributed by atoms with Crippen molar-refractivity contribution in [3.63, 3.8) is 0 Å². The molecule has 2 aromatic carbocycles. The topological polar surface area (TPSA) is 70.7 Å². The van der Waals surface area contributed by atoms with E-state index in [4.69, 9.17) is 0 Å². The summed E-state index contributed by atoms with van der Waals surface area (Å²) in [7, 11) is 0. The highest BCUT2D eigenvalue weighted by molar-refractivity contribution is 5.60. The smallest absolute Gasteiger partial charge is 0.178 e. The van der Waals surface area contributed by atoms with Gasteiger partial charge in [0.2, 0.25) is 0 Å². The van der Waals surface area contributed by atoms with E-state index in [1.807, 2.05) is 12.3 Å². The van der Waals surface area contributed by atoms with E-state index < -0.39 is 17.9 Å². The second kappa shape index (κ2) is 6.86. The first-order chi connectivity index (χ1) is 13.0. The summed E-state index contributed by atoms with van der Waals surface area (Å²) in [5, 5.41) is 26.7. The van der Waals surface area contributed by atoms with E-state index in [2.05, 4.69) is 10.2 Å². The maximum absolute atomic E-state index is 13.9. The molecule has 0 aliphatic carbocycles. The van der Waals surface area contributed by atoms with Gasteiger partial charge in [-0.05, 0) is 23.3 Å². The second-order valence-electron chi connectivity index (χ2n) is 6.20. The quantitative estimate of drug-likeness (QED) is 0.543. The molecular formula is C20H15F2N3O2. The van der Waals surface area contributed by atoms with Gasteiger partial charge in [0, 0.05) is 29.8 Å². The minimum Gasteiger partial charge on any atom is -0.364 e. The number of benzene rings is 2. The Bertz CT molecular complexity index is 1110. The lowest BCUT2D eigenvalue weighted by Crippen LogP contribution is -1.98. The molecule has 4 rings (SSSR count). The predicted octanol–water partition coefficient (Wildman–Crippen LogP) is 3.25. The highest BCUT2D eigenvalue weighted by Gasteiger charge is 2.11. The first kappa shape index (κ1) is 17.3. The van der Waals surface area contributed by atoms with Crippen LogP contribution in [-0.2, 0) is 6.42 Å². The van der Waals surface area contributed by atoms with E-state index in [1.54, 1.807) is 34.7 Å². The van der Waals surface area contributed by atoms with E-state index in [0.29, 0.717) is 29.0 Å². The summed E-state index contributed by atoms with van der Waals surface area (Å²) < 4.78 is 28.8. The Kier molecular flexibility index (Phi) is 4.39. The number of nitrogens with zero attached hydrogens (tertiary/aromatic N) is 3. The third-order valence-corrected chi connectivity index (χ3v) is 4.34. The van der Waals surface area contributed by atoms with E-state index in [0.717, 1.165) is 17.2 Å². The summed E-state index contributed by atoms with van der Waals surface area (Å²) in [5.41, 5.74) is 2.96. The molecule has 0 atom stereocenters. The predicted molar refractivity (Wildman–Crippen MR) is 94.8 cm³/mol. The Hall–Kier alpha value is -3.16. The van der Waals surface area contributed by atoms with Crippen molar-refractivity contribution in [3.8, 4) is 11.4 Å². The Balaban J connectivity index is 1.70. The Morgan fingerprint density at radius 2 is 1.70 bits per heavy atom. The van der Waals surface area contributed by atoms with Crippen LogP contribution in [-0.4, -0.2) is 24.8 Å². The highest BCUT2D eigenvalue weighted by Crippen LogP contribution is 2.22. The molecule has 0 saturated heterocycles. The fraction of sp³-hybridized carbons (Fsp3) is 0.100. The number of pyridine rings is 1. The maximum atomic E-state index is 13.9. The van der Waals surface area contributed by atoms with Gasteiger partial charge in [-0.3, -0.25) is 4.40 Å². The Morgan fingerprint density at radius 1 is 0.926 bits per heavy atom. The average Bonchev–Trinajstić information content (AvgIpc) is 3.07. The molecular weight excluding hydrogens is 352 g/mol.